The van der Waals surface area contributed by atoms with Gasteiger partial charge in [-0.1, -0.05) is 20.8 Å². The molecule has 1 aromatic heterocycles. The second-order valence-corrected chi connectivity index (χ2v) is 5.30. The summed E-state index contributed by atoms with van der Waals surface area (Å²) in [6, 6.07) is 2.13. The number of aliphatic hydroxyl groups excluding tert-OH is 1. The minimum absolute atomic E-state index is 0.0550. The summed E-state index contributed by atoms with van der Waals surface area (Å²) in [6.45, 7) is 5.73. The normalized spacial score (nSPS) is 13.1. The third kappa shape index (κ3) is 4.06. The quantitative estimate of drug-likeness (QED) is 0.626. The van der Waals surface area contributed by atoms with Crippen molar-refractivity contribution in [2.24, 2.45) is 5.41 Å². The first-order chi connectivity index (χ1) is 8.75. The van der Waals surface area contributed by atoms with Gasteiger partial charge in [-0.2, -0.15) is 0 Å². The molecule has 0 radical (unpaired) electrons. The molecule has 0 fully saturated rings. The van der Waals surface area contributed by atoms with Crippen molar-refractivity contribution in [1.82, 2.24) is 5.32 Å². The van der Waals surface area contributed by atoms with Crippen LogP contribution in [0.15, 0.2) is 16.5 Å². The van der Waals surface area contributed by atoms with Crippen molar-refractivity contribution in [2.45, 2.75) is 33.2 Å². The smallest absolute Gasteiger partial charge is 0.396 e. The van der Waals surface area contributed by atoms with Crippen LogP contribution in [0.2, 0.25) is 0 Å². The van der Waals surface area contributed by atoms with E-state index in [1.165, 1.54) is 6.07 Å². The summed E-state index contributed by atoms with van der Waals surface area (Å²) in [5.41, 5.74) is -0.239. The van der Waals surface area contributed by atoms with E-state index in [1.54, 1.807) is 0 Å². The van der Waals surface area contributed by atoms with Crippen LogP contribution in [0.1, 0.15) is 37.7 Å². The minimum Gasteiger partial charge on any atom is -0.396 e. The molecule has 7 heteroatoms. The molecule has 1 amide bonds. The van der Waals surface area contributed by atoms with Gasteiger partial charge in [0.2, 0.25) is 0 Å². The van der Waals surface area contributed by atoms with Gasteiger partial charge in [0.1, 0.15) is 4.92 Å². The number of carbonyl (C=O) groups is 1. The van der Waals surface area contributed by atoms with Gasteiger partial charge in [-0.25, -0.2) is 0 Å². The highest BCUT2D eigenvalue weighted by Gasteiger charge is 2.27. The van der Waals surface area contributed by atoms with E-state index in [0.29, 0.717) is 6.42 Å². The lowest BCUT2D eigenvalue weighted by atomic mass is 9.85. The number of hydrogen-bond donors (Lipinski definition) is 2. The Labute approximate surface area is 110 Å². The molecular formula is C12H18N2O5. The molecule has 1 unspecified atom stereocenters. The Morgan fingerprint density at radius 3 is 2.58 bits per heavy atom. The SMILES string of the molecule is CC(C)(C)C(CCO)NC(=O)c1ccc([N+](=O)[O-])o1. The van der Waals surface area contributed by atoms with E-state index in [1.807, 2.05) is 20.8 Å². The Bertz CT molecular complexity index is 461. The first kappa shape index (κ1) is 15.2. The molecule has 0 bridgehead atoms. The summed E-state index contributed by atoms with van der Waals surface area (Å²) < 4.78 is 4.82. The van der Waals surface area contributed by atoms with E-state index in [2.05, 4.69) is 5.32 Å². The summed E-state index contributed by atoms with van der Waals surface area (Å²) in [7, 11) is 0. The third-order valence-corrected chi connectivity index (χ3v) is 2.76. The topological polar surface area (TPSA) is 106 Å². The Kier molecular flexibility index (Phi) is 4.66. The van der Waals surface area contributed by atoms with Gasteiger partial charge in [0.05, 0.1) is 6.07 Å². The standard InChI is InChI=1S/C12H18N2O5/c1-12(2,3)9(6-7-15)13-11(16)8-4-5-10(19-8)14(17)18/h4-5,9,15H,6-7H2,1-3H3,(H,13,16). The maximum Gasteiger partial charge on any atom is 0.433 e. The minimum atomic E-state index is -0.703. The van der Waals surface area contributed by atoms with Gasteiger partial charge in [0.25, 0.3) is 5.91 Å². The second kappa shape index (κ2) is 5.83. The predicted molar refractivity (Wildman–Crippen MR) is 67.8 cm³/mol. The van der Waals surface area contributed by atoms with Crippen LogP contribution < -0.4 is 5.32 Å². The molecule has 0 saturated heterocycles. The zero-order valence-electron chi connectivity index (χ0n) is 11.2. The van der Waals surface area contributed by atoms with Gasteiger partial charge in [-0.05, 0) is 17.9 Å². The molecule has 1 heterocycles. The molecule has 1 aromatic rings. The third-order valence-electron chi connectivity index (χ3n) is 2.76. The molecule has 19 heavy (non-hydrogen) atoms. The summed E-state index contributed by atoms with van der Waals surface area (Å²) in [4.78, 5) is 21.7. The molecule has 7 nitrogen and oxygen atoms in total. The fraction of sp³-hybridized carbons (Fsp3) is 0.583. The Morgan fingerprint density at radius 2 is 2.16 bits per heavy atom. The summed E-state index contributed by atoms with van der Waals surface area (Å²) in [5, 5.41) is 22.2. The van der Waals surface area contributed by atoms with Gasteiger partial charge in [-0.15, -0.1) is 0 Å². The van der Waals surface area contributed by atoms with Crippen LogP contribution in [0.4, 0.5) is 5.88 Å². The highest BCUT2D eigenvalue weighted by molar-refractivity contribution is 5.91. The number of nitrogens with one attached hydrogen (secondary N) is 1. The molecule has 1 atom stereocenters. The average molecular weight is 270 g/mol. The molecule has 1 rings (SSSR count). The van der Waals surface area contributed by atoms with Crippen LogP contribution >= 0.6 is 0 Å². The van der Waals surface area contributed by atoms with E-state index in [-0.39, 0.29) is 23.8 Å². The number of nitrogens with zero attached hydrogens (tertiary/aromatic N) is 1. The van der Waals surface area contributed by atoms with Crippen molar-refractivity contribution in [3.05, 3.63) is 28.0 Å². The largest absolute Gasteiger partial charge is 0.433 e. The molecule has 0 aliphatic heterocycles. The number of aliphatic hydroxyl groups is 1. The van der Waals surface area contributed by atoms with Crippen molar-refractivity contribution < 1.29 is 19.2 Å². The van der Waals surface area contributed by atoms with Crippen LogP contribution in [-0.2, 0) is 0 Å². The highest BCUT2D eigenvalue weighted by Crippen LogP contribution is 2.23. The van der Waals surface area contributed by atoms with Gasteiger partial charge < -0.3 is 14.8 Å². The van der Waals surface area contributed by atoms with E-state index < -0.39 is 16.7 Å². The van der Waals surface area contributed by atoms with Gasteiger partial charge in [-0.3, -0.25) is 14.9 Å². The fourth-order valence-electron chi connectivity index (χ4n) is 1.63. The molecular weight excluding hydrogens is 252 g/mol. The van der Waals surface area contributed by atoms with Crippen LogP contribution in [0.5, 0.6) is 0 Å². The van der Waals surface area contributed by atoms with Crippen molar-refractivity contribution in [3.63, 3.8) is 0 Å². The van der Waals surface area contributed by atoms with Gasteiger partial charge in [0.15, 0.2) is 5.76 Å². The molecule has 0 aromatic carbocycles. The molecule has 106 valence electrons. The molecule has 0 aliphatic carbocycles. The van der Waals surface area contributed by atoms with Crippen molar-refractivity contribution in [2.75, 3.05) is 6.61 Å². The predicted octanol–water partition coefficient (Wildman–Crippen LogP) is 1.71. The Hall–Kier alpha value is -1.89. The van der Waals surface area contributed by atoms with Crippen LogP contribution in [0, 0.1) is 15.5 Å². The summed E-state index contributed by atoms with van der Waals surface area (Å²) >= 11 is 0. The maximum atomic E-state index is 11.9. The molecule has 0 spiro atoms. The van der Waals surface area contributed by atoms with Crippen molar-refractivity contribution >= 4 is 11.8 Å². The number of nitro groups is 1. The van der Waals surface area contributed by atoms with E-state index in [0.717, 1.165) is 6.07 Å². The van der Waals surface area contributed by atoms with Crippen molar-refractivity contribution in [1.29, 1.82) is 0 Å². The van der Waals surface area contributed by atoms with E-state index in [4.69, 9.17) is 9.52 Å². The first-order valence-electron chi connectivity index (χ1n) is 5.91. The highest BCUT2D eigenvalue weighted by atomic mass is 16.6. The fourth-order valence-corrected chi connectivity index (χ4v) is 1.63. The summed E-state index contributed by atoms with van der Waals surface area (Å²) in [6.07, 6.45) is 0.401. The second-order valence-electron chi connectivity index (χ2n) is 5.30. The van der Waals surface area contributed by atoms with Crippen LogP contribution in [-0.4, -0.2) is 28.6 Å². The molecule has 0 saturated carbocycles. The zero-order chi connectivity index (χ0) is 14.6. The number of hydrogen-bond acceptors (Lipinski definition) is 5. The number of rotatable bonds is 5. The summed E-state index contributed by atoms with van der Waals surface area (Å²) in [5.74, 6) is -1.11. The zero-order valence-corrected chi connectivity index (χ0v) is 11.2. The lowest BCUT2D eigenvalue weighted by Gasteiger charge is -2.30. The van der Waals surface area contributed by atoms with Gasteiger partial charge in [0, 0.05) is 12.6 Å². The molecule has 2 N–H and O–H groups in total. The number of furan rings is 1. The van der Waals surface area contributed by atoms with Crippen LogP contribution in [0.25, 0.3) is 0 Å². The molecule has 0 aliphatic rings. The lowest BCUT2D eigenvalue weighted by molar-refractivity contribution is -0.402. The number of amides is 1. The van der Waals surface area contributed by atoms with E-state index >= 15 is 0 Å². The van der Waals surface area contributed by atoms with E-state index in [9.17, 15) is 14.9 Å². The van der Waals surface area contributed by atoms with Gasteiger partial charge >= 0.3 is 5.88 Å². The lowest BCUT2D eigenvalue weighted by Crippen LogP contribution is -2.44. The monoisotopic (exact) mass is 270 g/mol. The Balaban J connectivity index is 2.78. The average Bonchev–Trinajstić information content (AvgIpc) is 2.76. The maximum absolute atomic E-state index is 11.9. The Morgan fingerprint density at radius 1 is 1.53 bits per heavy atom. The number of carbonyl (C=O) groups excluding carboxylic acids is 1. The van der Waals surface area contributed by atoms with Crippen molar-refractivity contribution in [3.8, 4) is 0 Å². The van der Waals surface area contributed by atoms with Crippen LogP contribution in [0.3, 0.4) is 0 Å². The first-order valence-corrected chi connectivity index (χ1v) is 5.91.